The lowest BCUT2D eigenvalue weighted by atomic mass is 10.1. The smallest absolute Gasteiger partial charge is 0.282 e. The van der Waals surface area contributed by atoms with Gasteiger partial charge in [0.25, 0.3) is 5.56 Å². The monoisotopic (exact) mass is 400 g/mol. The highest BCUT2D eigenvalue weighted by molar-refractivity contribution is 7.99. The Morgan fingerprint density at radius 3 is 2.78 bits per heavy atom. The third-order valence-corrected chi connectivity index (χ3v) is 6.57. The van der Waals surface area contributed by atoms with Gasteiger partial charge in [0, 0.05) is 17.0 Å². The molecule has 0 bridgehead atoms. The van der Waals surface area contributed by atoms with Gasteiger partial charge in [0.15, 0.2) is 5.16 Å². The van der Waals surface area contributed by atoms with Crippen molar-refractivity contribution in [3.05, 3.63) is 46.1 Å². The van der Waals surface area contributed by atoms with E-state index in [2.05, 4.69) is 10.3 Å². The van der Waals surface area contributed by atoms with E-state index in [1.165, 1.54) is 35.9 Å². The number of hydrogen-bond donors (Lipinski definition) is 2. The maximum absolute atomic E-state index is 12.8. The number of thiophene rings is 1. The number of benzene rings is 1. The van der Waals surface area contributed by atoms with E-state index < -0.39 is 0 Å². The summed E-state index contributed by atoms with van der Waals surface area (Å²) in [6.07, 6.45) is 4.42. The first kappa shape index (κ1) is 18.1. The Morgan fingerprint density at radius 2 is 2.04 bits per heavy atom. The number of carbonyl (C=O) groups excluding carboxylic acids is 1. The summed E-state index contributed by atoms with van der Waals surface area (Å²) in [5.74, 6) is 6.15. The molecule has 1 saturated carbocycles. The van der Waals surface area contributed by atoms with Gasteiger partial charge in [-0.2, -0.15) is 0 Å². The summed E-state index contributed by atoms with van der Waals surface area (Å²) >= 11 is 2.61. The molecule has 1 aliphatic rings. The van der Waals surface area contributed by atoms with Gasteiger partial charge in [-0.1, -0.05) is 54.9 Å². The van der Waals surface area contributed by atoms with Crippen LogP contribution in [0.3, 0.4) is 0 Å². The van der Waals surface area contributed by atoms with Gasteiger partial charge in [-0.15, -0.1) is 11.3 Å². The van der Waals surface area contributed by atoms with Crippen LogP contribution in [0, 0.1) is 0 Å². The van der Waals surface area contributed by atoms with Crippen LogP contribution in [-0.2, 0) is 4.79 Å². The molecule has 0 aliphatic heterocycles. The van der Waals surface area contributed by atoms with E-state index in [-0.39, 0.29) is 23.3 Å². The number of hydrogen-bond acceptors (Lipinski definition) is 6. The van der Waals surface area contributed by atoms with Gasteiger partial charge < -0.3 is 11.2 Å². The normalized spacial score (nSPS) is 14.7. The van der Waals surface area contributed by atoms with Gasteiger partial charge in [0.1, 0.15) is 4.83 Å². The summed E-state index contributed by atoms with van der Waals surface area (Å²) in [4.78, 5) is 30.1. The fourth-order valence-electron chi connectivity index (χ4n) is 3.39. The van der Waals surface area contributed by atoms with Crippen molar-refractivity contribution in [2.75, 3.05) is 11.6 Å². The second-order valence-corrected chi connectivity index (χ2v) is 8.40. The predicted octanol–water partition coefficient (Wildman–Crippen LogP) is 2.99. The number of aromatic nitrogens is 2. The van der Waals surface area contributed by atoms with Crippen LogP contribution in [-0.4, -0.2) is 27.4 Å². The zero-order chi connectivity index (χ0) is 18.8. The van der Waals surface area contributed by atoms with Crippen LogP contribution >= 0.6 is 23.1 Å². The number of nitrogen functional groups attached to an aromatic ring is 1. The quantitative estimate of drug-likeness (QED) is 0.390. The Kier molecular flexibility index (Phi) is 5.18. The summed E-state index contributed by atoms with van der Waals surface area (Å²) in [6.45, 7) is 0. The van der Waals surface area contributed by atoms with Crippen LogP contribution < -0.4 is 16.7 Å². The lowest BCUT2D eigenvalue weighted by molar-refractivity contribution is -0.119. The zero-order valence-electron chi connectivity index (χ0n) is 14.7. The molecule has 0 radical (unpaired) electrons. The van der Waals surface area contributed by atoms with Crippen molar-refractivity contribution in [1.82, 2.24) is 15.0 Å². The third-order valence-electron chi connectivity index (χ3n) is 4.74. The number of carbonyl (C=O) groups is 1. The van der Waals surface area contributed by atoms with Crippen molar-refractivity contribution < 1.29 is 4.79 Å². The molecule has 0 spiro atoms. The summed E-state index contributed by atoms with van der Waals surface area (Å²) in [6, 6.07) is 9.98. The molecule has 1 fully saturated rings. The number of nitrogens with zero attached hydrogens (tertiary/aromatic N) is 2. The van der Waals surface area contributed by atoms with Crippen LogP contribution in [0.2, 0.25) is 0 Å². The molecule has 27 heavy (non-hydrogen) atoms. The number of fused-ring (bicyclic) bond motifs is 1. The van der Waals surface area contributed by atoms with Gasteiger partial charge in [-0.3, -0.25) is 9.59 Å². The number of nitrogens with one attached hydrogen (secondary N) is 1. The molecule has 6 nitrogen and oxygen atoms in total. The molecule has 2 heterocycles. The first-order valence-electron chi connectivity index (χ1n) is 8.90. The number of amides is 1. The molecule has 1 amide bonds. The average Bonchev–Trinajstić information content (AvgIpc) is 3.34. The fraction of sp³-hybridized carbons (Fsp3) is 0.316. The Morgan fingerprint density at radius 1 is 1.30 bits per heavy atom. The molecule has 3 aromatic rings. The van der Waals surface area contributed by atoms with Gasteiger partial charge in [0.2, 0.25) is 5.91 Å². The van der Waals surface area contributed by atoms with E-state index in [0.29, 0.717) is 15.4 Å². The molecule has 4 rings (SSSR count). The molecule has 140 valence electrons. The SMILES string of the molecule is Nn1c(SCC(=O)NC2CCCC2)nc2scc(-c3ccccc3)c2c1=O. The number of nitrogens with two attached hydrogens (primary N) is 1. The minimum Gasteiger partial charge on any atom is -0.353 e. The van der Waals surface area contributed by atoms with Crippen LogP contribution in [0.25, 0.3) is 21.3 Å². The molecular weight excluding hydrogens is 380 g/mol. The highest BCUT2D eigenvalue weighted by Gasteiger charge is 2.19. The first-order valence-corrected chi connectivity index (χ1v) is 10.8. The number of rotatable bonds is 5. The maximum Gasteiger partial charge on any atom is 0.282 e. The summed E-state index contributed by atoms with van der Waals surface area (Å²) in [5, 5.41) is 5.84. The molecule has 0 atom stereocenters. The van der Waals surface area contributed by atoms with Crippen LogP contribution in [0.1, 0.15) is 25.7 Å². The Bertz CT molecular complexity index is 1020. The van der Waals surface area contributed by atoms with Gasteiger partial charge in [-0.25, -0.2) is 9.66 Å². The topological polar surface area (TPSA) is 90.0 Å². The lowest BCUT2D eigenvalue weighted by Gasteiger charge is -2.12. The van der Waals surface area contributed by atoms with Gasteiger partial charge >= 0.3 is 0 Å². The third kappa shape index (κ3) is 3.72. The van der Waals surface area contributed by atoms with Crippen molar-refractivity contribution in [3.63, 3.8) is 0 Å². The van der Waals surface area contributed by atoms with Gasteiger partial charge in [0.05, 0.1) is 11.1 Å². The van der Waals surface area contributed by atoms with E-state index in [9.17, 15) is 9.59 Å². The van der Waals surface area contributed by atoms with E-state index in [1.807, 2.05) is 35.7 Å². The number of thioether (sulfide) groups is 1. The molecule has 0 unspecified atom stereocenters. The molecule has 2 aromatic heterocycles. The van der Waals surface area contributed by atoms with Gasteiger partial charge in [-0.05, 0) is 18.4 Å². The van der Waals surface area contributed by atoms with Crippen LogP contribution in [0.4, 0.5) is 0 Å². The molecule has 0 saturated heterocycles. The summed E-state index contributed by atoms with van der Waals surface area (Å²) in [7, 11) is 0. The van der Waals surface area contributed by atoms with Crippen LogP contribution in [0.5, 0.6) is 0 Å². The average molecular weight is 401 g/mol. The summed E-state index contributed by atoms with van der Waals surface area (Å²) < 4.78 is 1.05. The Hall–Kier alpha value is -2.32. The van der Waals surface area contributed by atoms with Crippen LogP contribution in [0.15, 0.2) is 45.7 Å². The van der Waals surface area contributed by atoms with E-state index in [1.54, 1.807) is 0 Å². The minimum absolute atomic E-state index is 0.0441. The second kappa shape index (κ2) is 7.74. The predicted molar refractivity (Wildman–Crippen MR) is 111 cm³/mol. The fourth-order valence-corrected chi connectivity index (χ4v) is 5.10. The van der Waals surface area contributed by atoms with E-state index in [4.69, 9.17) is 5.84 Å². The standard InChI is InChI=1S/C19H20N4O2S2/c20-23-18(25)16-14(12-6-2-1-3-7-12)10-26-17(16)22-19(23)27-11-15(24)21-13-8-4-5-9-13/h1-3,6-7,10,13H,4-5,8-9,11,20H2,(H,21,24). The maximum atomic E-state index is 12.8. The molecule has 3 N–H and O–H groups in total. The largest absolute Gasteiger partial charge is 0.353 e. The van der Waals surface area contributed by atoms with E-state index >= 15 is 0 Å². The zero-order valence-corrected chi connectivity index (χ0v) is 16.3. The Labute approximate surface area is 164 Å². The minimum atomic E-state index is -0.293. The summed E-state index contributed by atoms with van der Waals surface area (Å²) in [5.41, 5.74) is 1.50. The second-order valence-electron chi connectivity index (χ2n) is 6.60. The molecule has 1 aliphatic carbocycles. The highest BCUT2D eigenvalue weighted by Crippen LogP contribution is 2.31. The van der Waals surface area contributed by atoms with Crippen molar-refractivity contribution in [3.8, 4) is 11.1 Å². The lowest BCUT2D eigenvalue weighted by Crippen LogP contribution is -2.34. The molecular formula is C19H20N4O2S2. The van der Waals surface area contributed by atoms with E-state index in [0.717, 1.165) is 28.6 Å². The highest BCUT2D eigenvalue weighted by atomic mass is 32.2. The van der Waals surface area contributed by atoms with Crippen molar-refractivity contribution in [1.29, 1.82) is 0 Å². The molecule has 8 heteroatoms. The van der Waals surface area contributed by atoms with Crippen molar-refractivity contribution >= 4 is 39.2 Å². The van der Waals surface area contributed by atoms with Crippen molar-refractivity contribution in [2.24, 2.45) is 0 Å². The van der Waals surface area contributed by atoms with Crippen molar-refractivity contribution in [2.45, 2.75) is 36.9 Å². The Balaban J connectivity index is 1.57. The first-order chi connectivity index (χ1) is 13.1. The molecule has 1 aromatic carbocycles.